The van der Waals surface area contributed by atoms with E-state index in [0.29, 0.717) is 19.5 Å². The van der Waals surface area contributed by atoms with Gasteiger partial charge in [-0.3, -0.25) is 9.48 Å². The van der Waals surface area contributed by atoms with Crippen molar-refractivity contribution in [3.8, 4) is 0 Å². The van der Waals surface area contributed by atoms with Gasteiger partial charge in [0.15, 0.2) is 0 Å². The first kappa shape index (κ1) is 16.4. The molecule has 0 aliphatic heterocycles. The van der Waals surface area contributed by atoms with Gasteiger partial charge in [0.05, 0.1) is 6.54 Å². The number of thiazole rings is 1. The van der Waals surface area contributed by atoms with Crippen LogP contribution in [0.15, 0.2) is 60.4 Å². The van der Waals surface area contributed by atoms with Crippen molar-refractivity contribution in [2.75, 3.05) is 0 Å². The minimum Gasteiger partial charge on any atom is -0.330 e. The molecule has 3 aromatic rings. The van der Waals surface area contributed by atoms with Crippen molar-refractivity contribution in [2.24, 2.45) is 0 Å². The smallest absolute Gasteiger partial charge is 0.248 e. The summed E-state index contributed by atoms with van der Waals surface area (Å²) in [5.74, 6) is 0.0697. The number of benzene rings is 1. The fraction of sp³-hybridized carbons (Fsp3) is 0.278. The molecule has 0 N–H and O–H groups in total. The van der Waals surface area contributed by atoms with Crippen molar-refractivity contribution in [1.29, 1.82) is 0 Å². The summed E-state index contributed by atoms with van der Waals surface area (Å²) in [5.41, 5.74) is 1.11. The van der Waals surface area contributed by atoms with E-state index in [0.717, 1.165) is 10.6 Å². The van der Waals surface area contributed by atoms with Crippen LogP contribution in [0.25, 0.3) is 0 Å². The van der Waals surface area contributed by atoms with Crippen molar-refractivity contribution in [3.63, 3.8) is 0 Å². The molecular formula is C18H20N4OS. The molecule has 1 aromatic carbocycles. The van der Waals surface area contributed by atoms with E-state index in [4.69, 9.17) is 0 Å². The number of hydrogen-bond donors (Lipinski definition) is 0. The monoisotopic (exact) mass is 340 g/mol. The molecule has 0 saturated carbocycles. The Morgan fingerprint density at radius 3 is 2.67 bits per heavy atom. The largest absolute Gasteiger partial charge is 0.330 e. The highest BCUT2D eigenvalue weighted by Crippen LogP contribution is 2.19. The van der Waals surface area contributed by atoms with Gasteiger partial charge in [0.25, 0.3) is 0 Å². The minimum atomic E-state index is -0.288. The van der Waals surface area contributed by atoms with Crippen LogP contribution >= 0.6 is 11.3 Å². The molecule has 24 heavy (non-hydrogen) atoms. The summed E-state index contributed by atoms with van der Waals surface area (Å²) in [6, 6.07) is 11.6. The summed E-state index contributed by atoms with van der Waals surface area (Å²) >= 11 is 1.57. The Morgan fingerprint density at radius 1 is 1.21 bits per heavy atom. The Morgan fingerprint density at radius 2 is 2.04 bits per heavy atom. The maximum atomic E-state index is 13.1. The molecule has 6 heteroatoms. The molecule has 1 amide bonds. The quantitative estimate of drug-likeness (QED) is 0.661. The number of hydrogen-bond acceptors (Lipinski definition) is 4. The zero-order valence-corrected chi connectivity index (χ0v) is 14.4. The molecule has 0 aliphatic rings. The predicted molar refractivity (Wildman–Crippen MR) is 94.4 cm³/mol. The molecule has 0 unspecified atom stereocenters. The molecule has 124 valence electrons. The van der Waals surface area contributed by atoms with Gasteiger partial charge in [-0.15, -0.1) is 11.3 Å². The molecule has 0 saturated heterocycles. The van der Waals surface area contributed by atoms with E-state index in [1.807, 2.05) is 59.8 Å². The van der Waals surface area contributed by atoms with Gasteiger partial charge in [0.2, 0.25) is 5.91 Å². The second-order valence-corrected chi connectivity index (χ2v) is 6.49. The molecule has 0 radical (unpaired) electrons. The average Bonchev–Trinajstić information content (AvgIpc) is 3.30. The van der Waals surface area contributed by atoms with Gasteiger partial charge in [-0.2, -0.15) is 5.10 Å². The number of rotatable bonds is 7. The van der Waals surface area contributed by atoms with Crippen LogP contribution in [-0.4, -0.2) is 25.6 Å². The highest BCUT2D eigenvalue weighted by molar-refractivity contribution is 7.09. The van der Waals surface area contributed by atoms with Gasteiger partial charge in [0, 0.05) is 30.5 Å². The lowest BCUT2D eigenvalue weighted by Crippen LogP contribution is -2.36. The Bertz CT molecular complexity index is 741. The van der Waals surface area contributed by atoms with Gasteiger partial charge in [-0.05, 0) is 18.1 Å². The molecule has 5 nitrogen and oxygen atoms in total. The van der Waals surface area contributed by atoms with Crippen LogP contribution < -0.4 is 0 Å². The van der Waals surface area contributed by atoms with E-state index in [1.54, 1.807) is 28.4 Å². The lowest BCUT2D eigenvalue weighted by molar-refractivity contribution is -0.136. The third-order valence-corrected chi connectivity index (χ3v) is 4.62. The molecule has 0 bridgehead atoms. The SMILES string of the molecule is CC[C@@H](C(=O)N(Cc1ccccc1)Cc1nccs1)n1cccn1. The first-order chi connectivity index (χ1) is 11.8. The maximum Gasteiger partial charge on any atom is 0.248 e. The highest BCUT2D eigenvalue weighted by atomic mass is 32.1. The van der Waals surface area contributed by atoms with Crippen LogP contribution in [-0.2, 0) is 17.9 Å². The Labute approximate surface area is 145 Å². The second kappa shape index (κ2) is 7.88. The summed E-state index contributed by atoms with van der Waals surface area (Å²) in [6.45, 7) is 3.09. The van der Waals surface area contributed by atoms with E-state index in [-0.39, 0.29) is 11.9 Å². The van der Waals surface area contributed by atoms with Crippen molar-refractivity contribution in [2.45, 2.75) is 32.5 Å². The maximum absolute atomic E-state index is 13.1. The van der Waals surface area contributed by atoms with Crippen LogP contribution in [0.2, 0.25) is 0 Å². The van der Waals surface area contributed by atoms with Crippen LogP contribution in [0.1, 0.15) is 30.0 Å². The summed E-state index contributed by atoms with van der Waals surface area (Å²) in [5, 5.41) is 7.13. The van der Waals surface area contributed by atoms with E-state index in [2.05, 4.69) is 10.1 Å². The minimum absolute atomic E-state index is 0.0697. The number of carbonyl (C=O) groups is 1. The Kier molecular flexibility index (Phi) is 5.38. The van der Waals surface area contributed by atoms with Crippen molar-refractivity contribution in [3.05, 3.63) is 70.9 Å². The third-order valence-electron chi connectivity index (χ3n) is 3.85. The standard InChI is InChI=1S/C18H20N4OS/c1-2-16(22-11-6-9-20-22)18(23)21(14-17-19-10-12-24-17)13-15-7-4-3-5-8-15/h3-12,16H,2,13-14H2,1H3/t16-/m0/s1. The molecule has 2 heterocycles. The van der Waals surface area contributed by atoms with E-state index in [9.17, 15) is 4.79 Å². The van der Waals surface area contributed by atoms with Crippen LogP contribution in [0, 0.1) is 0 Å². The van der Waals surface area contributed by atoms with Crippen molar-refractivity contribution < 1.29 is 4.79 Å². The number of aromatic nitrogens is 3. The molecule has 0 spiro atoms. The zero-order chi connectivity index (χ0) is 16.8. The fourth-order valence-electron chi connectivity index (χ4n) is 2.66. The first-order valence-corrected chi connectivity index (χ1v) is 8.86. The van der Waals surface area contributed by atoms with Gasteiger partial charge < -0.3 is 4.90 Å². The lowest BCUT2D eigenvalue weighted by Gasteiger charge is -2.26. The topological polar surface area (TPSA) is 51.0 Å². The Hall–Kier alpha value is -2.47. The zero-order valence-electron chi connectivity index (χ0n) is 13.6. The van der Waals surface area contributed by atoms with Gasteiger partial charge in [0.1, 0.15) is 11.0 Å². The molecule has 1 atom stereocenters. The summed E-state index contributed by atoms with van der Waals surface area (Å²) in [6.07, 6.45) is 6.02. The molecule has 2 aromatic heterocycles. The number of nitrogens with zero attached hydrogens (tertiary/aromatic N) is 4. The normalized spacial score (nSPS) is 12.0. The first-order valence-electron chi connectivity index (χ1n) is 7.98. The van der Waals surface area contributed by atoms with Crippen LogP contribution in [0.4, 0.5) is 0 Å². The molecule has 0 fully saturated rings. The van der Waals surface area contributed by atoms with E-state index >= 15 is 0 Å². The predicted octanol–water partition coefficient (Wildman–Crippen LogP) is 3.52. The van der Waals surface area contributed by atoms with Gasteiger partial charge in [-0.1, -0.05) is 37.3 Å². The molecule has 0 aliphatic carbocycles. The summed E-state index contributed by atoms with van der Waals surface area (Å²) in [4.78, 5) is 19.3. The van der Waals surface area contributed by atoms with Crippen molar-refractivity contribution in [1.82, 2.24) is 19.7 Å². The van der Waals surface area contributed by atoms with E-state index < -0.39 is 0 Å². The number of amides is 1. The lowest BCUT2D eigenvalue weighted by atomic mass is 10.1. The van der Waals surface area contributed by atoms with Crippen LogP contribution in [0.3, 0.4) is 0 Å². The van der Waals surface area contributed by atoms with Gasteiger partial charge >= 0.3 is 0 Å². The second-order valence-electron chi connectivity index (χ2n) is 5.52. The summed E-state index contributed by atoms with van der Waals surface area (Å²) in [7, 11) is 0. The third kappa shape index (κ3) is 3.89. The van der Waals surface area contributed by atoms with Crippen LogP contribution in [0.5, 0.6) is 0 Å². The molecular weight excluding hydrogens is 320 g/mol. The Balaban J connectivity index is 1.83. The highest BCUT2D eigenvalue weighted by Gasteiger charge is 2.25. The van der Waals surface area contributed by atoms with E-state index in [1.165, 1.54) is 0 Å². The molecule has 3 rings (SSSR count). The average molecular weight is 340 g/mol. The van der Waals surface area contributed by atoms with Crippen molar-refractivity contribution >= 4 is 17.2 Å². The fourth-order valence-corrected chi connectivity index (χ4v) is 3.29. The number of carbonyl (C=O) groups excluding carboxylic acids is 1. The summed E-state index contributed by atoms with van der Waals surface area (Å²) < 4.78 is 1.74. The van der Waals surface area contributed by atoms with Gasteiger partial charge in [-0.25, -0.2) is 4.98 Å².